The molecule has 1 heterocycles. The minimum Gasteiger partial charge on any atom is -0.296 e. The number of nitrogens with zero attached hydrogens (tertiary/aromatic N) is 1. The predicted octanol–water partition coefficient (Wildman–Crippen LogP) is 4.74. The highest BCUT2D eigenvalue weighted by atomic mass is 79.9. The summed E-state index contributed by atoms with van der Waals surface area (Å²) in [5.41, 5.74) is 1.19. The average Bonchev–Trinajstić information content (AvgIpc) is 2.57. The van der Waals surface area contributed by atoms with Gasteiger partial charge in [0.2, 0.25) is 0 Å². The van der Waals surface area contributed by atoms with E-state index < -0.39 is 0 Å². The van der Waals surface area contributed by atoms with E-state index in [1.54, 1.807) is 12.1 Å². The molecule has 0 bridgehead atoms. The molecule has 3 heteroatoms. The number of likely N-dealkylation sites (tertiary alicyclic amines) is 1. The third-order valence-corrected chi connectivity index (χ3v) is 4.60. The van der Waals surface area contributed by atoms with E-state index in [1.165, 1.54) is 44.2 Å². The van der Waals surface area contributed by atoms with Crippen LogP contribution in [0.5, 0.6) is 0 Å². The maximum atomic E-state index is 13.1. The van der Waals surface area contributed by atoms with Crippen LogP contribution >= 0.6 is 15.9 Å². The molecule has 1 aliphatic rings. The zero-order valence-electron chi connectivity index (χ0n) is 11.0. The highest BCUT2D eigenvalue weighted by Crippen LogP contribution is 2.25. The van der Waals surface area contributed by atoms with Crippen molar-refractivity contribution in [3.05, 3.63) is 34.1 Å². The Labute approximate surface area is 118 Å². The molecule has 0 radical (unpaired) electrons. The molecule has 1 unspecified atom stereocenters. The molecule has 1 aromatic rings. The number of hydrogen-bond donors (Lipinski definition) is 0. The smallest absolute Gasteiger partial charge is 0.124 e. The highest BCUT2D eigenvalue weighted by Gasteiger charge is 2.20. The highest BCUT2D eigenvalue weighted by molar-refractivity contribution is 9.10. The molecular formula is C15H21BrFN. The summed E-state index contributed by atoms with van der Waals surface area (Å²) in [6, 6.07) is 5.70. The van der Waals surface area contributed by atoms with Crippen LogP contribution in [0.1, 0.15) is 44.6 Å². The second-order valence-corrected chi connectivity index (χ2v) is 5.97. The summed E-state index contributed by atoms with van der Waals surface area (Å²) >= 11 is 3.47. The van der Waals surface area contributed by atoms with Crippen LogP contribution in [0.15, 0.2) is 22.7 Å². The van der Waals surface area contributed by atoms with Gasteiger partial charge in [-0.15, -0.1) is 0 Å². The monoisotopic (exact) mass is 313 g/mol. The normalized spacial score (nSPS) is 21.8. The van der Waals surface area contributed by atoms with Crippen molar-refractivity contribution in [3.8, 4) is 0 Å². The molecule has 0 amide bonds. The molecule has 0 aliphatic carbocycles. The van der Waals surface area contributed by atoms with Gasteiger partial charge in [0, 0.05) is 17.1 Å². The molecule has 1 atom stereocenters. The number of benzene rings is 1. The molecule has 1 aliphatic heterocycles. The first-order valence-corrected chi connectivity index (χ1v) is 7.68. The fraction of sp³-hybridized carbons (Fsp3) is 0.600. The van der Waals surface area contributed by atoms with Gasteiger partial charge in [-0.1, -0.05) is 41.8 Å². The van der Waals surface area contributed by atoms with E-state index in [0.29, 0.717) is 6.04 Å². The SMILES string of the molecule is CCC1CCCCCN1Cc1ccc(F)cc1Br. The fourth-order valence-corrected chi connectivity index (χ4v) is 3.25. The largest absolute Gasteiger partial charge is 0.296 e. The summed E-state index contributed by atoms with van der Waals surface area (Å²) in [7, 11) is 0. The second-order valence-electron chi connectivity index (χ2n) is 5.12. The van der Waals surface area contributed by atoms with Crippen molar-refractivity contribution in [2.24, 2.45) is 0 Å². The maximum absolute atomic E-state index is 13.1. The van der Waals surface area contributed by atoms with E-state index >= 15 is 0 Å². The number of halogens is 2. The summed E-state index contributed by atoms with van der Waals surface area (Å²) < 4.78 is 14.0. The van der Waals surface area contributed by atoms with Crippen molar-refractivity contribution < 1.29 is 4.39 Å². The number of rotatable bonds is 3. The first-order chi connectivity index (χ1) is 8.70. The van der Waals surface area contributed by atoms with Crippen molar-refractivity contribution in [2.75, 3.05) is 6.54 Å². The van der Waals surface area contributed by atoms with Gasteiger partial charge < -0.3 is 0 Å². The van der Waals surface area contributed by atoms with Gasteiger partial charge in [-0.25, -0.2) is 4.39 Å². The van der Waals surface area contributed by atoms with Crippen molar-refractivity contribution in [3.63, 3.8) is 0 Å². The Hall–Kier alpha value is -0.410. The minimum absolute atomic E-state index is 0.173. The summed E-state index contributed by atoms with van der Waals surface area (Å²) in [6.45, 7) is 4.37. The van der Waals surface area contributed by atoms with E-state index in [0.717, 1.165) is 11.0 Å². The van der Waals surface area contributed by atoms with Crippen molar-refractivity contribution in [1.29, 1.82) is 0 Å². The van der Waals surface area contributed by atoms with Crippen LogP contribution in [0.25, 0.3) is 0 Å². The average molecular weight is 314 g/mol. The Morgan fingerprint density at radius 3 is 2.89 bits per heavy atom. The molecule has 0 aromatic heterocycles. The van der Waals surface area contributed by atoms with Gasteiger partial charge >= 0.3 is 0 Å². The summed E-state index contributed by atoms with van der Waals surface area (Å²) in [4.78, 5) is 2.56. The van der Waals surface area contributed by atoms with Crippen LogP contribution in [0.4, 0.5) is 4.39 Å². The lowest BCUT2D eigenvalue weighted by Crippen LogP contribution is -2.33. The molecule has 0 spiro atoms. The zero-order valence-corrected chi connectivity index (χ0v) is 12.5. The maximum Gasteiger partial charge on any atom is 0.124 e. The molecular weight excluding hydrogens is 293 g/mol. The molecule has 1 saturated heterocycles. The predicted molar refractivity (Wildman–Crippen MR) is 77.1 cm³/mol. The van der Waals surface area contributed by atoms with Crippen LogP contribution in [-0.4, -0.2) is 17.5 Å². The zero-order chi connectivity index (χ0) is 13.0. The lowest BCUT2D eigenvalue weighted by atomic mass is 10.1. The van der Waals surface area contributed by atoms with Crippen molar-refractivity contribution >= 4 is 15.9 Å². The van der Waals surface area contributed by atoms with Crippen molar-refractivity contribution in [1.82, 2.24) is 4.90 Å². The molecule has 1 aromatic carbocycles. The lowest BCUT2D eigenvalue weighted by molar-refractivity contribution is 0.185. The van der Waals surface area contributed by atoms with Crippen LogP contribution in [0.3, 0.4) is 0 Å². The van der Waals surface area contributed by atoms with Crippen LogP contribution in [0, 0.1) is 5.82 Å². The molecule has 0 saturated carbocycles. The summed E-state index contributed by atoms with van der Waals surface area (Å²) in [6.07, 6.45) is 6.49. The van der Waals surface area contributed by atoms with Gasteiger partial charge in [0.05, 0.1) is 0 Å². The Kier molecular flexibility index (Phi) is 5.19. The molecule has 1 fully saturated rings. The van der Waals surface area contributed by atoms with E-state index in [4.69, 9.17) is 0 Å². The van der Waals surface area contributed by atoms with Gasteiger partial charge in [-0.3, -0.25) is 4.90 Å². The minimum atomic E-state index is -0.173. The Bertz CT molecular complexity index is 394. The third kappa shape index (κ3) is 3.55. The third-order valence-electron chi connectivity index (χ3n) is 3.86. The van der Waals surface area contributed by atoms with E-state index in [2.05, 4.69) is 27.8 Å². The quantitative estimate of drug-likeness (QED) is 0.779. The summed E-state index contributed by atoms with van der Waals surface area (Å²) in [5.74, 6) is -0.173. The van der Waals surface area contributed by atoms with Gasteiger partial charge in [0.15, 0.2) is 0 Å². The second kappa shape index (κ2) is 6.67. The first kappa shape index (κ1) is 14.0. The van der Waals surface area contributed by atoms with Crippen LogP contribution < -0.4 is 0 Å². The van der Waals surface area contributed by atoms with E-state index in [1.807, 2.05) is 6.07 Å². The first-order valence-electron chi connectivity index (χ1n) is 6.88. The Morgan fingerprint density at radius 2 is 2.17 bits per heavy atom. The van der Waals surface area contributed by atoms with Gasteiger partial charge in [0.1, 0.15) is 5.82 Å². The Morgan fingerprint density at radius 1 is 1.33 bits per heavy atom. The van der Waals surface area contributed by atoms with Crippen molar-refractivity contribution in [2.45, 2.75) is 51.6 Å². The Balaban J connectivity index is 2.10. The van der Waals surface area contributed by atoms with E-state index in [9.17, 15) is 4.39 Å². The van der Waals surface area contributed by atoms with Gasteiger partial charge in [0.25, 0.3) is 0 Å². The fourth-order valence-electron chi connectivity index (χ4n) is 2.78. The molecule has 1 nitrogen and oxygen atoms in total. The van der Waals surface area contributed by atoms with Gasteiger partial charge in [-0.05, 0) is 43.5 Å². The summed E-state index contributed by atoms with van der Waals surface area (Å²) in [5, 5.41) is 0. The van der Waals surface area contributed by atoms with E-state index in [-0.39, 0.29) is 5.82 Å². The topological polar surface area (TPSA) is 3.24 Å². The molecule has 100 valence electrons. The van der Waals surface area contributed by atoms with Gasteiger partial charge in [-0.2, -0.15) is 0 Å². The molecule has 2 rings (SSSR count). The molecule has 18 heavy (non-hydrogen) atoms. The van der Waals surface area contributed by atoms with Crippen LogP contribution in [0.2, 0.25) is 0 Å². The lowest BCUT2D eigenvalue weighted by Gasteiger charge is -2.29. The number of hydrogen-bond acceptors (Lipinski definition) is 1. The molecule has 0 N–H and O–H groups in total. The standard InChI is InChI=1S/C15H21BrFN/c1-2-14-6-4-3-5-9-18(14)11-12-7-8-13(17)10-15(12)16/h7-8,10,14H,2-6,9,11H2,1H3. The van der Waals surface area contributed by atoms with Crippen LogP contribution in [-0.2, 0) is 6.54 Å².